The van der Waals surface area contributed by atoms with Crippen LogP contribution in [0.4, 0.5) is 0 Å². The van der Waals surface area contributed by atoms with Gasteiger partial charge in [0, 0.05) is 11.6 Å². The number of ketones is 1. The molecule has 5 rings (SSSR count). The van der Waals surface area contributed by atoms with Gasteiger partial charge >= 0.3 is 0 Å². The number of hydrogen-bond acceptors (Lipinski definition) is 4. The van der Waals surface area contributed by atoms with Crippen LogP contribution in [0.5, 0.6) is 17.2 Å². The number of hydrogen-bond donors (Lipinski definition) is 1. The van der Waals surface area contributed by atoms with Crippen molar-refractivity contribution in [1.82, 2.24) is 0 Å². The number of carbonyl (C=O) groups excluding carboxylic acids is 1. The first-order valence-electron chi connectivity index (χ1n) is 18.4. The summed E-state index contributed by atoms with van der Waals surface area (Å²) >= 11 is 0. The molecule has 2 saturated carbocycles. The van der Waals surface area contributed by atoms with Gasteiger partial charge in [-0.05, 0) is 118 Å². The lowest BCUT2D eigenvalue weighted by molar-refractivity contribution is 0.103. The van der Waals surface area contributed by atoms with Crippen LogP contribution >= 0.6 is 0 Å². The Labute approximate surface area is 277 Å². The van der Waals surface area contributed by atoms with Crippen LogP contribution in [0.1, 0.15) is 137 Å². The van der Waals surface area contributed by atoms with Crippen molar-refractivity contribution in [2.75, 3.05) is 13.2 Å². The molecule has 0 aromatic heterocycles. The van der Waals surface area contributed by atoms with Gasteiger partial charge in [-0.25, -0.2) is 0 Å². The molecule has 1 N–H and O–H groups in total. The first-order chi connectivity index (χ1) is 22.6. The summed E-state index contributed by atoms with van der Waals surface area (Å²) in [5.74, 6) is 5.02. The van der Waals surface area contributed by atoms with Crippen molar-refractivity contribution in [3.63, 3.8) is 0 Å². The highest BCUT2D eigenvalue weighted by Gasteiger charge is 2.31. The Hall–Kier alpha value is -3.27. The quantitative estimate of drug-likeness (QED) is 0.120. The minimum absolute atomic E-state index is 0.0513. The summed E-state index contributed by atoms with van der Waals surface area (Å²) in [5, 5.41) is 10.4. The van der Waals surface area contributed by atoms with Crippen molar-refractivity contribution in [3.05, 3.63) is 89.5 Å². The molecule has 0 amide bonds. The van der Waals surface area contributed by atoms with Crippen LogP contribution in [-0.2, 0) is 0 Å². The molecule has 0 bridgehead atoms. The maximum absolute atomic E-state index is 12.6. The molecule has 0 atom stereocenters. The number of ether oxygens (including phenoxy) is 2. The highest BCUT2D eigenvalue weighted by Crippen LogP contribution is 2.44. The molecule has 0 radical (unpaired) electrons. The van der Waals surface area contributed by atoms with E-state index < -0.39 is 0 Å². The summed E-state index contributed by atoms with van der Waals surface area (Å²) in [5.41, 5.74) is 2.34. The molecule has 0 saturated heterocycles. The highest BCUT2D eigenvalue weighted by atomic mass is 16.5. The average molecular weight is 625 g/mol. The molecule has 2 aliphatic rings. The monoisotopic (exact) mass is 624 g/mol. The van der Waals surface area contributed by atoms with E-state index in [2.05, 4.69) is 31.2 Å². The van der Waals surface area contributed by atoms with Crippen molar-refractivity contribution in [2.24, 2.45) is 17.8 Å². The second-order valence-electron chi connectivity index (χ2n) is 13.9. The Morgan fingerprint density at radius 2 is 1.28 bits per heavy atom. The number of phenols is 1. The molecule has 2 fully saturated rings. The van der Waals surface area contributed by atoms with Gasteiger partial charge in [0.15, 0.2) is 5.78 Å². The first-order valence-corrected chi connectivity index (χ1v) is 18.4. The minimum atomic E-state index is -0.194. The molecule has 0 heterocycles. The molecular formula is C42H56O4. The first kappa shape index (κ1) is 34.1. The van der Waals surface area contributed by atoms with Gasteiger partial charge in [0.2, 0.25) is 0 Å². The summed E-state index contributed by atoms with van der Waals surface area (Å²) in [4.78, 5) is 12.6. The van der Waals surface area contributed by atoms with E-state index in [1.54, 1.807) is 24.3 Å². The molecule has 0 unspecified atom stereocenters. The molecule has 0 spiro atoms. The maximum Gasteiger partial charge on any atom is 0.196 e. The Morgan fingerprint density at radius 1 is 0.674 bits per heavy atom. The molecule has 0 aliphatic heterocycles. The van der Waals surface area contributed by atoms with Crippen molar-refractivity contribution in [3.8, 4) is 17.2 Å². The van der Waals surface area contributed by atoms with Gasteiger partial charge in [0.25, 0.3) is 0 Å². The fourth-order valence-electron chi connectivity index (χ4n) is 7.87. The smallest absolute Gasteiger partial charge is 0.196 e. The summed E-state index contributed by atoms with van der Waals surface area (Å²) in [7, 11) is 0. The number of unbranched alkanes of at least 4 members (excludes halogenated alkanes) is 5. The third-order valence-electron chi connectivity index (χ3n) is 10.7. The second kappa shape index (κ2) is 18.2. The number of phenolic OH excluding ortho intramolecular Hbond substituents is 1. The van der Waals surface area contributed by atoms with Gasteiger partial charge < -0.3 is 14.6 Å². The van der Waals surface area contributed by atoms with E-state index in [0.717, 1.165) is 61.7 Å². The largest absolute Gasteiger partial charge is 0.507 e. The molecule has 3 aromatic rings. The highest BCUT2D eigenvalue weighted by molar-refractivity contribution is 6.10. The Kier molecular flexibility index (Phi) is 13.5. The van der Waals surface area contributed by atoms with Crippen LogP contribution in [0.15, 0.2) is 72.8 Å². The van der Waals surface area contributed by atoms with E-state index in [4.69, 9.17) is 9.47 Å². The molecule has 3 aromatic carbocycles. The lowest BCUT2D eigenvalue weighted by atomic mass is 9.68. The minimum Gasteiger partial charge on any atom is -0.507 e. The number of carbonyl (C=O) groups is 1. The van der Waals surface area contributed by atoms with Gasteiger partial charge in [-0.3, -0.25) is 4.79 Å². The van der Waals surface area contributed by atoms with Crippen LogP contribution in [0, 0.1) is 17.8 Å². The molecule has 46 heavy (non-hydrogen) atoms. The van der Waals surface area contributed by atoms with Gasteiger partial charge in [-0.2, -0.15) is 0 Å². The van der Waals surface area contributed by atoms with E-state index in [-0.39, 0.29) is 17.1 Å². The van der Waals surface area contributed by atoms with Gasteiger partial charge in [-0.15, -0.1) is 0 Å². The summed E-state index contributed by atoms with van der Waals surface area (Å²) in [6, 6.07) is 22.9. The second-order valence-corrected chi connectivity index (χ2v) is 13.9. The molecule has 2 aliphatic carbocycles. The fraction of sp³-hybridized carbons (Fsp3) is 0.548. The number of aromatic hydroxyl groups is 1. The fourth-order valence-corrected chi connectivity index (χ4v) is 7.87. The maximum atomic E-state index is 12.6. The van der Waals surface area contributed by atoms with Crippen molar-refractivity contribution in [1.29, 1.82) is 0 Å². The van der Waals surface area contributed by atoms with Crippen molar-refractivity contribution >= 4 is 5.78 Å². The van der Waals surface area contributed by atoms with E-state index in [1.807, 2.05) is 18.2 Å². The van der Waals surface area contributed by atoms with Crippen LogP contribution < -0.4 is 9.47 Å². The van der Waals surface area contributed by atoms with E-state index in [9.17, 15) is 9.90 Å². The van der Waals surface area contributed by atoms with Gasteiger partial charge in [0.05, 0.1) is 18.8 Å². The Balaban J connectivity index is 0.912. The van der Waals surface area contributed by atoms with Crippen LogP contribution in [0.3, 0.4) is 0 Å². The Bertz CT molecular complexity index is 1300. The predicted molar refractivity (Wildman–Crippen MR) is 188 cm³/mol. The van der Waals surface area contributed by atoms with E-state index in [0.29, 0.717) is 17.9 Å². The van der Waals surface area contributed by atoms with Crippen LogP contribution in [0.25, 0.3) is 0 Å². The van der Waals surface area contributed by atoms with Crippen molar-refractivity contribution in [2.45, 2.75) is 116 Å². The predicted octanol–water partition coefficient (Wildman–Crippen LogP) is 11.3. The Morgan fingerprint density at radius 3 is 1.91 bits per heavy atom. The van der Waals surface area contributed by atoms with Gasteiger partial charge in [0.1, 0.15) is 17.2 Å². The third kappa shape index (κ3) is 10.1. The SMILES string of the molecule is CCCCCC1CCC(C2CCC(c3ccc(OCCCCCCOc4ccc(C(=O)c5ccccc5)c(O)c4)cc3)CC2)CC1. The zero-order chi connectivity index (χ0) is 32.0. The zero-order valence-corrected chi connectivity index (χ0v) is 28.1. The average Bonchev–Trinajstić information content (AvgIpc) is 3.10. The summed E-state index contributed by atoms with van der Waals surface area (Å²) in [6.45, 7) is 3.63. The molecule has 4 heteroatoms. The normalized spacial score (nSPS) is 21.5. The third-order valence-corrected chi connectivity index (χ3v) is 10.7. The topological polar surface area (TPSA) is 55.8 Å². The zero-order valence-electron chi connectivity index (χ0n) is 28.1. The van der Waals surface area contributed by atoms with Gasteiger partial charge in [-0.1, -0.05) is 87.9 Å². The standard InChI is InChI=1S/C42H56O4/c1-2-3-7-12-32-15-17-33(18-16-32)34-19-21-35(22-20-34)36-23-25-38(26-24-36)45-29-10-4-5-11-30-46-39-27-28-40(41(43)31-39)42(44)37-13-8-6-9-14-37/h6,8-9,13-14,23-28,31-35,43H,2-5,7,10-12,15-22,29-30H2,1H3. The molecular weight excluding hydrogens is 568 g/mol. The molecule has 4 nitrogen and oxygen atoms in total. The van der Waals surface area contributed by atoms with E-state index in [1.165, 1.54) is 88.7 Å². The van der Waals surface area contributed by atoms with Crippen LogP contribution in [0.2, 0.25) is 0 Å². The lowest BCUT2D eigenvalue weighted by Crippen LogP contribution is -2.25. The molecule has 248 valence electrons. The van der Waals surface area contributed by atoms with E-state index >= 15 is 0 Å². The number of benzene rings is 3. The lowest BCUT2D eigenvalue weighted by Gasteiger charge is -2.38. The summed E-state index contributed by atoms with van der Waals surface area (Å²) in [6.07, 6.45) is 21.3. The number of rotatable bonds is 17. The van der Waals surface area contributed by atoms with Crippen molar-refractivity contribution < 1.29 is 19.4 Å². The van der Waals surface area contributed by atoms with Crippen LogP contribution in [-0.4, -0.2) is 24.1 Å². The summed E-state index contributed by atoms with van der Waals surface area (Å²) < 4.78 is 11.9.